The predicted octanol–water partition coefficient (Wildman–Crippen LogP) is 2.39. The molecule has 3 heterocycles. The van der Waals surface area contributed by atoms with Gasteiger partial charge in [0.25, 0.3) is 0 Å². The molecule has 1 aromatic carbocycles. The summed E-state index contributed by atoms with van der Waals surface area (Å²) in [4.78, 5) is 36.1. The number of carbonyl (C=O) groups excluding carboxylic acids is 2. The lowest BCUT2D eigenvalue weighted by Crippen LogP contribution is -2.54. The predicted molar refractivity (Wildman–Crippen MR) is 128 cm³/mol. The number of thiocarbonyl (C=S) groups is 1. The molecule has 2 atom stereocenters. The number of piperazine rings is 1. The van der Waals surface area contributed by atoms with E-state index >= 15 is 0 Å². The van der Waals surface area contributed by atoms with Crippen molar-refractivity contribution in [3.63, 3.8) is 0 Å². The van der Waals surface area contributed by atoms with Gasteiger partial charge in [0.1, 0.15) is 5.92 Å². The van der Waals surface area contributed by atoms with E-state index in [0.29, 0.717) is 30.3 Å². The SMILES string of the molecule is Cc1cccc(N2CCN(C(=O)CCN3C(=O)C4C=C5OCOC5=CC4=NC3=S)CC2C)c1. The highest BCUT2D eigenvalue weighted by Crippen LogP contribution is 2.31. The molecule has 0 aromatic heterocycles. The van der Waals surface area contributed by atoms with Crippen molar-refractivity contribution >= 4 is 40.5 Å². The molecule has 0 N–H and O–H groups in total. The number of fused-ring (bicyclic) bond motifs is 2. The van der Waals surface area contributed by atoms with Crippen LogP contribution in [0.5, 0.6) is 0 Å². The fourth-order valence-corrected chi connectivity index (χ4v) is 4.97. The third-order valence-corrected chi connectivity index (χ3v) is 6.75. The molecule has 0 bridgehead atoms. The summed E-state index contributed by atoms with van der Waals surface area (Å²) in [5, 5.41) is 0.185. The van der Waals surface area contributed by atoms with E-state index in [0.717, 1.165) is 6.54 Å². The summed E-state index contributed by atoms with van der Waals surface area (Å²) in [6.07, 6.45) is 3.62. The minimum Gasteiger partial charge on any atom is -0.454 e. The molecule has 33 heavy (non-hydrogen) atoms. The first kappa shape index (κ1) is 21.6. The van der Waals surface area contributed by atoms with Crippen LogP contribution in [0.2, 0.25) is 0 Å². The van der Waals surface area contributed by atoms with Crippen molar-refractivity contribution < 1.29 is 19.1 Å². The van der Waals surface area contributed by atoms with Crippen molar-refractivity contribution in [3.8, 4) is 0 Å². The van der Waals surface area contributed by atoms with Gasteiger partial charge in [-0.05, 0) is 49.8 Å². The monoisotopic (exact) mass is 466 g/mol. The number of allylic oxidation sites excluding steroid dienone is 1. The summed E-state index contributed by atoms with van der Waals surface area (Å²) >= 11 is 5.36. The van der Waals surface area contributed by atoms with Crippen LogP contribution in [0.4, 0.5) is 5.69 Å². The normalized spacial score (nSPS) is 24.3. The molecule has 0 saturated carbocycles. The van der Waals surface area contributed by atoms with Gasteiger partial charge in [-0.25, -0.2) is 4.99 Å². The molecule has 0 radical (unpaired) electrons. The summed E-state index contributed by atoms with van der Waals surface area (Å²) in [6, 6.07) is 8.64. The lowest BCUT2D eigenvalue weighted by Gasteiger charge is -2.41. The van der Waals surface area contributed by atoms with Crippen LogP contribution >= 0.6 is 12.2 Å². The number of carbonyl (C=O) groups is 2. The molecule has 3 aliphatic heterocycles. The molecule has 2 amide bonds. The van der Waals surface area contributed by atoms with Crippen LogP contribution in [0.25, 0.3) is 0 Å². The summed E-state index contributed by atoms with van der Waals surface area (Å²) in [5.41, 5.74) is 2.96. The van der Waals surface area contributed by atoms with Crippen LogP contribution in [-0.2, 0) is 19.1 Å². The highest BCUT2D eigenvalue weighted by atomic mass is 32.1. The van der Waals surface area contributed by atoms with E-state index in [9.17, 15) is 9.59 Å². The summed E-state index contributed by atoms with van der Waals surface area (Å²) in [6.45, 7) is 6.63. The van der Waals surface area contributed by atoms with Crippen LogP contribution in [0.15, 0.2) is 52.9 Å². The first-order valence-electron chi connectivity index (χ1n) is 11.1. The second-order valence-electron chi connectivity index (χ2n) is 8.70. The number of rotatable bonds is 4. The summed E-state index contributed by atoms with van der Waals surface area (Å²) < 4.78 is 10.8. The van der Waals surface area contributed by atoms with Gasteiger partial charge in [-0.2, -0.15) is 0 Å². The molecule has 9 heteroatoms. The summed E-state index contributed by atoms with van der Waals surface area (Å²) in [7, 11) is 0. The highest BCUT2D eigenvalue weighted by molar-refractivity contribution is 7.80. The maximum atomic E-state index is 13.1. The molecule has 2 fully saturated rings. The van der Waals surface area contributed by atoms with E-state index in [1.54, 1.807) is 12.2 Å². The molecule has 8 nitrogen and oxygen atoms in total. The van der Waals surface area contributed by atoms with Crippen LogP contribution < -0.4 is 4.90 Å². The average Bonchev–Trinajstić information content (AvgIpc) is 3.25. The fourth-order valence-electron chi connectivity index (χ4n) is 4.68. The maximum Gasteiger partial charge on any atom is 0.241 e. The van der Waals surface area contributed by atoms with Crippen molar-refractivity contribution in [2.45, 2.75) is 26.3 Å². The number of aliphatic imine (C=N–C) groups is 1. The van der Waals surface area contributed by atoms with Gasteiger partial charge in [-0.3, -0.25) is 14.5 Å². The Hall–Kier alpha value is -3.20. The third-order valence-electron chi connectivity index (χ3n) is 6.44. The Kier molecular flexibility index (Phi) is 5.65. The van der Waals surface area contributed by atoms with Gasteiger partial charge in [0.05, 0.1) is 5.71 Å². The second kappa shape index (κ2) is 8.62. The molecule has 2 unspecified atom stereocenters. The zero-order chi connectivity index (χ0) is 23.1. The third kappa shape index (κ3) is 4.13. The van der Waals surface area contributed by atoms with Crippen molar-refractivity contribution in [2.24, 2.45) is 10.9 Å². The van der Waals surface area contributed by atoms with Crippen LogP contribution in [0.3, 0.4) is 0 Å². The highest BCUT2D eigenvalue weighted by Gasteiger charge is 2.38. The lowest BCUT2D eigenvalue weighted by molar-refractivity contribution is -0.133. The van der Waals surface area contributed by atoms with E-state index in [1.807, 2.05) is 4.90 Å². The van der Waals surface area contributed by atoms with Crippen molar-refractivity contribution in [2.75, 3.05) is 37.9 Å². The fraction of sp³-hybridized carbons (Fsp3) is 0.417. The number of nitrogens with zero attached hydrogens (tertiary/aromatic N) is 4. The number of ether oxygens (including phenoxy) is 2. The Morgan fingerprint density at radius 2 is 2.06 bits per heavy atom. The van der Waals surface area contributed by atoms with Crippen molar-refractivity contribution in [3.05, 3.63) is 53.5 Å². The van der Waals surface area contributed by atoms with Gasteiger partial charge in [-0.1, -0.05) is 12.1 Å². The largest absolute Gasteiger partial charge is 0.454 e. The number of benzene rings is 1. The molecular weight excluding hydrogens is 440 g/mol. The average molecular weight is 467 g/mol. The molecule has 1 aromatic rings. The Bertz CT molecular complexity index is 1110. The van der Waals surface area contributed by atoms with Crippen LogP contribution in [0.1, 0.15) is 18.9 Å². The lowest BCUT2D eigenvalue weighted by atomic mass is 9.94. The van der Waals surface area contributed by atoms with Crippen LogP contribution in [0, 0.1) is 12.8 Å². The molecular formula is C24H26N4O4S. The van der Waals surface area contributed by atoms with Crippen molar-refractivity contribution in [1.29, 1.82) is 0 Å². The van der Waals surface area contributed by atoms with Gasteiger partial charge in [-0.15, -0.1) is 0 Å². The number of hydrogen-bond donors (Lipinski definition) is 0. The van der Waals surface area contributed by atoms with Gasteiger partial charge in [0.2, 0.25) is 23.7 Å². The summed E-state index contributed by atoms with van der Waals surface area (Å²) in [5.74, 6) is 0.395. The van der Waals surface area contributed by atoms with E-state index < -0.39 is 5.92 Å². The van der Waals surface area contributed by atoms with E-state index in [4.69, 9.17) is 21.7 Å². The molecule has 4 aliphatic rings. The van der Waals surface area contributed by atoms with Crippen LogP contribution in [-0.4, -0.2) is 71.5 Å². The first-order chi connectivity index (χ1) is 15.9. The Morgan fingerprint density at radius 3 is 2.85 bits per heavy atom. The minimum absolute atomic E-state index is 0.0211. The first-order valence-corrected chi connectivity index (χ1v) is 11.6. The zero-order valence-electron chi connectivity index (χ0n) is 18.7. The zero-order valence-corrected chi connectivity index (χ0v) is 19.5. The maximum absolute atomic E-state index is 13.1. The Labute approximate surface area is 198 Å². The Morgan fingerprint density at radius 1 is 1.24 bits per heavy atom. The van der Waals surface area contributed by atoms with E-state index in [2.05, 4.69) is 48.0 Å². The molecule has 5 rings (SSSR count). The number of aryl methyl sites for hydroxylation is 1. The number of amides is 2. The smallest absolute Gasteiger partial charge is 0.241 e. The quantitative estimate of drug-likeness (QED) is 0.635. The molecule has 172 valence electrons. The number of hydrogen-bond acceptors (Lipinski definition) is 6. The van der Waals surface area contributed by atoms with Gasteiger partial charge < -0.3 is 19.3 Å². The van der Waals surface area contributed by atoms with Gasteiger partial charge >= 0.3 is 0 Å². The minimum atomic E-state index is -0.565. The number of anilines is 1. The standard InChI is InChI=1S/C24H26N4O4S/c1-15-4-3-5-17(10-15)27-9-8-26(13-16(27)2)22(29)6-7-28-23(30)18-11-20-21(32-14-31-20)12-19(18)25-24(28)33/h3-5,10-12,16,18H,6-9,13-14H2,1-2H3. The second-order valence-corrected chi connectivity index (χ2v) is 9.07. The topological polar surface area (TPSA) is 74.7 Å². The Balaban J connectivity index is 1.20. The van der Waals surface area contributed by atoms with Gasteiger partial charge in [0.15, 0.2) is 11.5 Å². The van der Waals surface area contributed by atoms with E-state index in [1.165, 1.54) is 16.2 Å². The molecule has 1 aliphatic carbocycles. The van der Waals surface area contributed by atoms with Gasteiger partial charge in [0, 0.05) is 50.4 Å². The van der Waals surface area contributed by atoms with Crippen molar-refractivity contribution in [1.82, 2.24) is 9.80 Å². The molecule has 0 spiro atoms. The molecule has 2 saturated heterocycles. The van der Waals surface area contributed by atoms with E-state index in [-0.39, 0.29) is 42.7 Å².